The largest absolute Gasteiger partial charge is 0.349 e. The number of hydrogen-bond donors (Lipinski definition) is 1. The number of nitrogens with one attached hydrogen (secondary N) is 1. The Bertz CT molecular complexity index is 688. The normalized spacial score (nSPS) is 12.0. The van der Waals surface area contributed by atoms with Crippen molar-refractivity contribution in [3.63, 3.8) is 0 Å². The van der Waals surface area contributed by atoms with Gasteiger partial charge in [0.05, 0.1) is 12.5 Å². The van der Waals surface area contributed by atoms with Crippen molar-refractivity contribution in [3.8, 4) is 0 Å². The molecule has 2 aromatic rings. The quantitative estimate of drug-likeness (QED) is 0.893. The van der Waals surface area contributed by atoms with Gasteiger partial charge >= 0.3 is 0 Å². The van der Waals surface area contributed by atoms with Gasteiger partial charge in [-0.15, -0.1) is 0 Å². The lowest BCUT2D eigenvalue weighted by Crippen LogP contribution is -2.28. The van der Waals surface area contributed by atoms with E-state index in [9.17, 15) is 4.79 Å². The van der Waals surface area contributed by atoms with Crippen molar-refractivity contribution >= 4 is 5.91 Å². The lowest BCUT2D eigenvalue weighted by Gasteiger charge is -2.17. The molecule has 2 aromatic carbocycles. The summed E-state index contributed by atoms with van der Waals surface area (Å²) in [6.45, 7) is 10.3. The molecule has 0 aliphatic heterocycles. The molecule has 0 saturated carbocycles. The molecule has 0 unspecified atom stereocenters. The van der Waals surface area contributed by atoms with E-state index >= 15 is 0 Å². The van der Waals surface area contributed by atoms with Gasteiger partial charge in [0.2, 0.25) is 5.91 Å². The Morgan fingerprint density at radius 2 is 1.55 bits per heavy atom. The number of aryl methyl sites for hydroxylation is 4. The number of benzene rings is 2. The zero-order valence-corrected chi connectivity index (χ0v) is 14.2. The Hall–Kier alpha value is -2.09. The molecule has 1 amide bonds. The van der Waals surface area contributed by atoms with E-state index < -0.39 is 0 Å². The van der Waals surface area contributed by atoms with Gasteiger partial charge < -0.3 is 5.32 Å². The van der Waals surface area contributed by atoms with E-state index in [1.165, 1.54) is 27.8 Å². The van der Waals surface area contributed by atoms with Crippen LogP contribution in [0.5, 0.6) is 0 Å². The monoisotopic (exact) mass is 295 g/mol. The standard InChI is InChI=1S/C20H25NO/c1-13-6-8-18(15(3)10-13)12-20(22)21-17(5)19-9-7-14(2)11-16(19)4/h6-11,17H,12H2,1-5H3,(H,21,22)/t17-/m0/s1. The fraction of sp³-hybridized carbons (Fsp3) is 0.350. The molecular formula is C20H25NO. The molecule has 0 radical (unpaired) electrons. The molecule has 22 heavy (non-hydrogen) atoms. The topological polar surface area (TPSA) is 29.1 Å². The van der Waals surface area contributed by atoms with Gasteiger partial charge in [-0.1, -0.05) is 47.5 Å². The Kier molecular flexibility index (Phi) is 5.02. The summed E-state index contributed by atoms with van der Waals surface area (Å²) in [5.74, 6) is 0.0689. The van der Waals surface area contributed by atoms with Gasteiger partial charge in [-0.05, 0) is 56.9 Å². The van der Waals surface area contributed by atoms with Crippen molar-refractivity contribution in [1.29, 1.82) is 0 Å². The second-order valence-corrected chi connectivity index (χ2v) is 6.26. The van der Waals surface area contributed by atoms with Crippen molar-refractivity contribution in [2.24, 2.45) is 0 Å². The fourth-order valence-corrected chi connectivity index (χ4v) is 2.90. The lowest BCUT2D eigenvalue weighted by atomic mass is 9.99. The van der Waals surface area contributed by atoms with Crippen LogP contribution in [0.4, 0.5) is 0 Å². The Balaban J connectivity index is 2.05. The van der Waals surface area contributed by atoms with E-state index in [0.717, 1.165) is 5.56 Å². The third-order valence-electron chi connectivity index (χ3n) is 4.12. The molecule has 2 heteroatoms. The molecule has 2 nitrogen and oxygen atoms in total. The highest BCUT2D eigenvalue weighted by atomic mass is 16.1. The molecule has 0 bridgehead atoms. The first-order valence-electron chi connectivity index (χ1n) is 7.79. The first kappa shape index (κ1) is 16.3. The average molecular weight is 295 g/mol. The van der Waals surface area contributed by atoms with Gasteiger partial charge in [0.1, 0.15) is 0 Å². The van der Waals surface area contributed by atoms with Crippen molar-refractivity contribution in [3.05, 3.63) is 69.8 Å². The van der Waals surface area contributed by atoms with Crippen molar-refractivity contribution in [2.45, 2.75) is 47.1 Å². The van der Waals surface area contributed by atoms with E-state index in [1.54, 1.807) is 0 Å². The molecule has 1 atom stereocenters. The second-order valence-electron chi connectivity index (χ2n) is 6.26. The molecule has 1 N–H and O–H groups in total. The van der Waals surface area contributed by atoms with E-state index in [2.05, 4.69) is 63.3 Å². The summed E-state index contributed by atoms with van der Waals surface area (Å²) in [5, 5.41) is 3.11. The van der Waals surface area contributed by atoms with Crippen LogP contribution in [0.15, 0.2) is 36.4 Å². The number of amides is 1. The van der Waals surface area contributed by atoms with Gasteiger partial charge in [0.15, 0.2) is 0 Å². The van der Waals surface area contributed by atoms with E-state index in [4.69, 9.17) is 0 Å². The number of hydrogen-bond acceptors (Lipinski definition) is 1. The first-order chi connectivity index (χ1) is 10.4. The molecule has 0 aliphatic carbocycles. The molecule has 0 aromatic heterocycles. The zero-order valence-electron chi connectivity index (χ0n) is 14.2. The van der Waals surface area contributed by atoms with Crippen LogP contribution >= 0.6 is 0 Å². The van der Waals surface area contributed by atoms with Crippen LogP contribution < -0.4 is 5.32 Å². The summed E-state index contributed by atoms with van der Waals surface area (Å²) in [5.41, 5.74) is 7.14. The van der Waals surface area contributed by atoms with Crippen molar-refractivity contribution in [1.82, 2.24) is 5.32 Å². The van der Waals surface area contributed by atoms with Crippen molar-refractivity contribution < 1.29 is 4.79 Å². The Morgan fingerprint density at radius 1 is 0.955 bits per heavy atom. The smallest absolute Gasteiger partial charge is 0.224 e. The maximum Gasteiger partial charge on any atom is 0.224 e. The lowest BCUT2D eigenvalue weighted by molar-refractivity contribution is -0.121. The van der Waals surface area contributed by atoms with Gasteiger partial charge in [-0.2, -0.15) is 0 Å². The van der Waals surface area contributed by atoms with E-state index in [-0.39, 0.29) is 11.9 Å². The molecule has 0 fully saturated rings. The molecule has 0 spiro atoms. The third-order valence-corrected chi connectivity index (χ3v) is 4.12. The molecule has 0 aliphatic rings. The fourth-order valence-electron chi connectivity index (χ4n) is 2.90. The maximum atomic E-state index is 12.3. The summed E-state index contributed by atoms with van der Waals surface area (Å²) in [6.07, 6.45) is 0.432. The predicted molar refractivity (Wildman–Crippen MR) is 92.1 cm³/mol. The Morgan fingerprint density at radius 3 is 2.14 bits per heavy atom. The number of carbonyl (C=O) groups excluding carboxylic acids is 1. The number of carbonyl (C=O) groups is 1. The van der Waals surface area contributed by atoms with Crippen LogP contribution in [0, 0.1) is 27.7 Å². The summed E-state index contributed by atoms with van der Waals surface area (Å²) in [4.78, 5) is 12.3. The minimum absolute atomic E-state index is 0.0267. The minimum Gasteiger partial charge on any atom is -0.349 e. The van der Waals surface area contributed by atoms with Gasteiger partial charge in [0.25, 0.3) is 0 Å². The van der Waals surface area contributed by atoms with E-state index in [1.807, 2.05) is 13.0 Å². The average Bonchev–Trinajstić information content (AvgIpc) is 2.41. The summed E-state index contributed by atoms with van der Waals surface area (Å²) >= 11 is 0. The predicted octanol–water partition coefficient (Wildman–Crippen LogP) is 4.34. The number of rotatable bonds is 4. The van der Waals surface area contributed by atoms with Crippen LogP contribution in [0.2, 0.25) is 0 Å². The summed E-state index contributed by atoms with van der Waals surface area (Å²) < 4.78 is 0. The molecular weight excluding hydrogens is 270 g/mol. The van der Waals surface area contributed by atoms with Crippen LogP contribution in [-0.4, -0.2) is 5.91 Å². The summed E-state index contributed by atoms with van der Waals surface area (Å²) in [6, 6.07) is 12.6. The maximum absolute atomic E-state index is 12.3. The Labute approximate surface area is 133 Å². The first-order valence-corrected chi connectivity index (χ1v) is 7.79. The highest BCUT2D eigenvalue weighted by molar-refractivity contribution is 5.79. The third kappa shape index (κ3) is 3.97. The zero-order chi connectivity index (χ0) is 16.3. The van der Waals surface area contributed by atoms with Crippen LogP contribution in [0.3, 0.4) is 0 Å². The van der Waals surface area contributed by atoms with Crippen LogP contribution in [-0.2, 0) is 11.2 Å². The van der Waals surface area contributed by atoms with E-state index in [0.29, 0.717) is 6.42 Å². The molecule has 0 saturated heterocycles. The molecule has 116 valence electrons. The highest BCUT2D eigenvalue weighted by Gasteiger charge is 2.13. The molecule has 0 heterocycles. The minimum atomic E-state index is 0.0267. The second kappa shape index (κ2) is 6.78. The SMILES string of the molecule is Cc1ccc(CC(=O)N[C@@H](C)c2ccc(C)cc2C)c(C)c1. The van der Waals surface area contributed by atoms with Crippen molar-refractivity contribution in [2.75, 3.05) is 0 Å². The summed E-state index contributed by atoms with van der Waals surface area (Å²) in [7, 11) is 0. The highest BCUT2D eigenvalue weighted by Crippen LogP contribution is 2.19. The van der Waals surface area contributed by atoms with Gasteiger partial charge in [0, 0.05) is 0 Å². The van der Waals surface area contributed by atoms with Crippen LogP contribution in [0.25, 0.3) is 0 Å². The van der Waals surface area contributed by atoms with Crippen LogP contribution in [0.1, 0.15) is 46.3 Å². The van der Waals surface area contributed by atoms with Gasteiger partial charge in [-0.3, -0.25) is 4.79 Å². The van der Waals surface area contributed by atoms with Gasteiger partial charge in [-0.25, -0.2) is 0 Å². The molecule has 2 rings (SSSR count).